The molecule has 1 aliphatic rings. The van der Waals surface area contributed by atoms with Crippen LogP contribution in [-0.4, -0.2) is 26.1 Å². The van der Waals surface area contributed by atoms with Crippen molar-refractivity contribution in [3.05, 3.63) is 29.3 Å². The maximum Gasteiger partial charge on any atom is 0.145 e. The molecule has 0 aromatic heterocycles. The molecule has 0 atom stereocenters. The van der Waals surface area contributed by atoms with E-state index < -0.39 is 5.41 Å². The van der Waals surface area contributed by atoms with E-state index in [0.29, 0.717) is 13.2 Å². The topological polar surface area (TPSA) is 35.5 Å². The van der Waals surface area contributed by atoms with Crippen molar-refractivity contribution < 1.29 is 14.3 Å². The number of hydrogen-bond donors (Lipinski definition) is 0. The van der Waals surface area contributed by atoms with Crippen molar-refractivity contribution >= 4 is 5.78 Å². The molecule has 2 rings (SSSR count). The van der Waals surface area contributed by atoms with Crippen LogP contribution < -0.4 is 4.74 Å². The van der Waals surface area contributed by atoms with Gasteiger partial charge in [-0.3, -0.25) is 4.79 Å². The number of ether oxygens (including phenoxy) is 2. The molecule has 1 aliphatic heterocycles. The highest BCUT2D eigenvalue weighted by atomic mass is 16.5. The zero-order valence-corrected chi connectivity index (χ0v) is 10.6. The predicted octanol–water partition coefficient (Wildman–Crippen LogP) is 2.11. The quantitative estimate of drug-likeness (QED) is 0.800. The Kier molecular flexibility index (Phi) is 3.20. The molecule has 0 saturated carbocycles. The van der Waals surface area contributed by atoms with Gasteiger partial charge in [0.05, 0.1) is 20.3 Å². The lowest BCUT2D eigenvalue weighted by Gasteiger charge is -2.40. The summed E-state index contributed by atoms with van der Waals surface area (Å²) < 4.78 is 10.5. The first-order valence-electron chi connectivity index (χ1n) is 5.90. The van der Waals surface area contributed by atoms with Crippen LogP contribution in [0, 0.1) is 0 Å². The second-order valence-electron chi connectivity index (χ2n) is 4.51. The Labute approximate surface area is 102 Å². The highest BCUT2D eigenvalue weighted by molar-refractivity contribution is 5.89. The third-order valence-corrected chi connectivity index (χ3v) is 3.58. The minimum atomic E-state index is -0.420. The molecule has 92 valence electrons. The highest BCUT2D eigenvalue weighted by Gasteiger charge is 2.45. The Morgan fingerprint density at radius 2 is 2.18 bits per heavy atom. The zero-order valence-electron chi connectivity index (χ0n) is 10.6. The van der Waals surface area contributed by atoms with Crippen LogP contribution in [0.1, 0.15) is 25.0 Å². The molecular weight excluding hydrogens is 216 g/mol. The lowest BCUT2D eigenvalue weighted by Crippen LogP contribution is -2.52. The summed E-state index contributed by atoms with van der Waals surface area (Å²) in [6, 6.07) is 5.99. The molecule has 0 spiro atoms. The third-order valence-electron chi connectivity index (χ3n) is 3.58. The first kappa shape index (κ1) is 12.1. The fraction of sp³-hybridized carbons (Fsp3) is 0.500. The van der Waals surface area contributed by atoms with E-state index >= 15 is 0 Å². The number of methoxy groups -OCH3 is 1. The summed E-state index contributed by atoms with van der Waals surface area (Å²) in [6.45, 7) is 4.72. The Morgan fingerprint density at radius 1 is 1.47 bits per heavy atom. The van der Waals surface area contributed by atoms with Gasteiger partial charge >= 0.3 is 0 Å². The summed E-state index contributed by atoms with van der Waals surface area (Å²) in [5.74, 6) is 1.06. The average Bonchev–Trinajstić information content (AvgIpc) is 2.26. The summed E-state index contributed by atoms with van der Waals surface area (Å²) in [5, 5.41) is 0. The molecular formula is C14H18O3. The lowest BCUT2D eigenvalue weighted by molar-refractivity contribution is -0.140. The molecule has 1 heterocycles. The SMILES string of the molecule is CCc1cc(C2(C(C)=O)COC2)ccc1OC. The van der Waals surface area contributed by atoms with E-state index in [1.165, 1.54) is 0 Å². The van der Waals surface area contributed by atoms with E-state index in [9.17, 15) is 4.79 Å². The van der Waals surface area contributed by atoms with Crippen molar-refractivity contribution in [3.8, 4) is 5.75 Å². The molecule has 0 aliphatic carbocycles. The van der Waals surface area contributed by atoms with Gasteiger partial charge in [0.25, 0.3) is 0 Å². The first-order chi connectivity index (χ1) is 8.14. The van der Waals surface area contributed by atoms with Gasteiger partial charge in [0.15, 0.2) is 0 Å². The number of aryl methyl sites for hydroxylation is 1. The average molecular weight is 234 g/mol. The Morgan fingerprint density at radius 3 is 2.59 bits per heavy atom. The Hall–Kier alpha value is -1.35. The van der Waals surface area contributed by atoms with Crippen molar-refractivity contribution in [2.24, 2.45) is 0 Å². The number of benzene rings is 1. The normalized spacial score (nSPS) is 17.4. The molecule has 1 aromatic carbocycles. The van der Waals surface area contributed by atoms with Gasteiger partial charge in [0, 0.05) is 0 Å². The largest absolute Gasteiger partial charge is 0.496 e. The Balaban J connectivity index is 2.42. The molecule has 0 bridgehead atoms. The number of hydrogen-bond acceptors (Lipinski definition) is 3. The number of ketones is 1. The van der Waals surface area contributed by atoms with Gasteiger partial charge in [-0.25, -0.2) is 0 Å². The standard InChI is InChI=1S/C14H18O3/c1-4-11-7-12(5-6-13(11)16-3)14(10(2)15)8-17-9-14/h5-7H,4,8-9H2,1-3H3. The minimum absolute atomic E-state index is 0.177. The summed E-state index contributed by atoms with van der Waals surface area (Å²) in [7, 11) is 1.67. The van der Waals surface area contributed by atoms with Crippen LogP contribution in [0.2, 0.25) is 0 Å². The zero-order chi connectivity index (χ0) is 12.5. The van der Waals surface area contributed by atoms with Gasteiger partial charge in [-0.15, -0.1) is 0 Å². The van der Waals surface area contributed by atoms with Gasteiger partial charge in [-0.2, -0.15) is 0 Å². The van der Waals surface area contributed by atoms with E-state index in [-0.39, 0.29) is 5.78 Å². The van der Waals surface area contributed by atoms with E-state index in [0.717, 1.165) is 23.3 Å². The molecule has 3 nitrogen and oxygen atoms in total. The lowest BCUT2D eigenvalue weighted by atomic mass is 9.75. The van der Waals surface area contributed by atoms with Crippen LogP contribution in [0.3, 0.4) is 0 Å². The molecule has 0 radical (unpaired) electrons. The maximum atomic E-state index is 11.8. The van der Waals surface area contributed by atoms with Gasteiger partial charge in [-0.1, -0.05) is 19.1 Å². The van der Waals surface area contributed by atoms with E-state index in [1.807, 2.05) is 12.1 Å². The molecule has 0 amide bonds. The van der Waals surface area contributed by atoms with E-state index in [4.69, 9.17) is 9.47 Å². The second kappa shape index (κ2) is 4.49. The molecule has 1 saturated heterocycles. The fourth-order valence-corrected chi connectivity index (χ4v) is 2.23. The molecule has 1 aromatic rings. The number of carbonyl (C=O) groups excluding carboxylic acids is 1. The predicted molar refractivity (Wildman–Crippen MR) is 65.6 cm³/mol. The maximum absolute atomic E-state index is 11.8. The molecule has 1 fully saturated rings. The Bertz CT molecular complexity index is 433. The van der Waals surface area contributed by atoms with Crippen LogP contribution in [0.15, 0.2) is 18.2 Å². The van der Waals surface area contributed by atoms with Gasteiger partial charge in [-0.05, 0) is 30.5 Å². The van der Waals surface area contributed by atoms with E-state index in [2.05, 4.69) is 13.0 Å². The van der Waals surface area contributed by atoms with Crippen molar-refractivity contribution in [2.45, 2.75) is 25.7 Å². The third kappa shape index (κ3) is 1.84. The van der Waals surface area contributed by atoms with Crippen LogP contribution >= 0.6 is 0 Å². The van der Waals surface area contributed by atoms with Crippen LogP contribution in [0.4, 0.5) is 0 Å². The monoisotopic (exact) mass is 234 g/mol. The summed E-state index contributed by atoms with van der Waals surface area (Å²) in [4.78, 5) is 11.8. The summed E-state index contributed by atoms with van der Waals surface area (Å²) in [6.07, 6.45) is 0.895. The molecule has 17 heavy (non-hydrogen) atoms. The van der Waals surface area contributed by atoms with Crippen LogP contribution in [0.5, 0.6) is 5.75 Å². The van der Waals surface area contributed by atoms with Crippen molar-refractivity contribution in [3.63, 3.8) is 0 Å². The first-order valence-corrected chi connectivity index (χ1v) is 5.90. The van der Waals surface area contributed by atoms with Gasteiger partial charge in [0.2, 0.25) is 0 Å². The second-order valence-corrected chi connectivity index (χ2v) is 4.51. The number of rotatable bonds is 4. The summed E-state index contributed by atoms with van der Waals surface area (Å²) >= 11 is 0. The van der Waals surface area contributed by atoms with Crippen molar-refractivity contribution in [1.82, 2.24) is 0 Å². The minimum Gasteiger partial charge on any atom is -0.496 e. The van der Waals surface area contributed by atoms with E-state index in [1.54, 1.807) is 14.0 Å². The van der Waals surface area contributed by atoms with Crippen molar-refractivity contribution in [1.29, 1.82) is 0 Å². The smallest absolute Gasteiger partial charge is 0.145 e. The molecule has 3 heteroatoms. The van der Waals surface area contributed by atoms with Crippen LogP contribution in [-0.2, 0) is 21.4 Å². The fourth-order valence-electron chi connectivity index (χ4n) is 2.23. The van der Waals surface area contributed by atoms with Gasteiger partial charge < -0.3 is 9.47 Å². The van der Waals surface area contributed by atoms with Gasteiger partial charge in [0.1, 0.15) is 16.9 Å². The summed E-state index contributed by atoms with van der Waals surface area (Å²) in [5.41, 5.74) is 1.77. The molecule has 0 N–H and O–H groups in total. The molecule has 0 unspecified atom stereocenters. The number of Topliss-reactive ketones (excluding diaryl/α,β-unsaturated/α-hetero) is 1. The van der Waals surface area contributed by atoms with Crippen LogP contribution in [0.25, 0.3) is 0 Å². The number of carbonyl (C=O) groups is 1. The van der Waals surface area contributed by atoms with Crippen molar-refractivity contribution in [2.75, 3.05) is 20.3 Å². The highest BCUT2D eigenvalue weighted by Crippen LogP contribution is 2.35.